The number of hydrogen-bond acceptors (Lipinski definition) is 3. The van der Waals surface area contributed by atoms with Crippen molar-refractivity contribution in [3.8, 4) is 0 Å². The second kappa shape index (κ2) is 7.07. The van der Waals surface area contributed by atoms with Crippen LogP contribution in [0.2, 0.25) is 0 Å². The van der Waals surface area contributed by atoms with E-state index in [2.05, 4.69) is 29.3 Å². The molecular formula is C15H24ClN3O. The molecule has 2 rings (SSSR count). The molecule has 1 aliphatic heterocycles. The van der Waals surface area contributed by atoms with Crippen molar-refractivity contribution in [2.24, 2.45) is 5.73 Å². The molecule has 0 radical (unpaired) electrons. The first kappa shape index (κ1) is 17.0. The van der Waals surface area contributed by atoms with Crippen LogP contribution in [-0.4, -0.2) is 36.5 Å². The highest BCUT2D eigenvalue weighted by atomic mass is 35.5. The average molecular weight is 298 g/mol. The minimum Gasteiger partial charge on any atom is -0.326 e. The monoisotopic (exact) mass is 297 g/mol. The van der Waals surface area contributed by atoms with E-state index in [9.17, 15) is 4.79 Å². The Morgan fingerprint density at radius 3 is 2.45 bits per heavy atom. The van der Waals surface area contributed by atoms with Gasteiger partial charge >= 0.3 is 0 Å². The number of nitrogens with one attached hydrogen (secondary N) is 1. The molecule has 1 aliphatic rings. The van der Waals surface area contributed by atoms with Gasteiger partial charge in [-0.05, 0) is 38.3 Å². The van der Waals surface area contributed by atoms with Gasteiger partial charge in [0.15, 0.2) is 0 Å². The van der Waals surface area contributed by atoms with Gasteiger partial charge in [0.2, 0.25) is 5.91 Å². The van der Waals surface area contributed by atoms with Crippen molar-refractivity contribution < 1.29 is 4.79 Å². The molecule has 0 bridgehead atoms. The molecule has 4 nitrogen and oxygen atoms in total. The van der Waals surface area contributed by atoms with Crippen LogP contribution in [0, 0.1) is 20.8 Å². The highest BCUT2D eigenvalue weighted by molar-refractivity contribution is 5.93. The summed E-state index contributed by atoms with van der Waals surface area (Å²) in [5, 5.41) is 3.03. The Hall–Kier alpha value is -1.10. The molecule has 5 heteroatoms. The summed E-state index contributed by atoms with van der Waals surface area (Å²) < 4.78 is 0. The molecule has 0 unspecified atom stereocenters. The molecule has 112 valence electrons. The summed E-state index contributed by atoms with van der Waals surface area (Å²) in [5.74, 6) is 0.0455. The number of benzene rings is 1. The predicted molar refractivity (Wildman–Crippen MR) is 85.6 cm³/mol. The zero-order chi connectivity index (χ0) is 14.0. The number of nitrogens with zero attached hydrogens (tertiary/aromatic N) is 1. The first-order valence-corrected chi connectivity index (χ1v) is 6.81. The molecule has 1 aromatic carbocycles. The van der Waals surface area contributed by atoms with E-state index in [1.54, 1.807) is 0 Å². The quantitative estimate of drug-likeness (QED) is 0.897. The molecule has 1 heterocycles. The molecule has 0 aromatic heterocycles. The van der Waals surface area contributed by atoms with Crippen LogP contribution in [-0.2, 0) is 4.79 Å². The van der Waals surface area contributed by atoms with Crippen molar-refractivity contribution in [1.29, 1.82) is 0 Å². The van der Waals surface area contributed by atoms with Gasteiger partial charge in [0.05, 0.1) is 6.54 Å². The number of nitrogens with two attached hydrogens (primary N) is 1. The third kappa shape index (κ3) is 4.20. The van der Waals surface area contributed by atoms with Gasteiger partial charge in [0, 0.05) is 24.8 Å². The molecule has 20 heavy (non-hydrogen) atoms. The first-order valence-electron chi connectivity index (χ1n) is 6.81. The van der Waals surface area contributed by atoms with Crippen LogP contribution in [0.5, 0.6) is 0 Å². The zero-order valence-corrected chi connectivity index (χ0v) is 13.2. The van der Waals surface area contributed by atoms with E-state index in [-0.39, 0.29) is 24.4 Å². The molecule has 1 saturated heterocycles. The number of halogens is 1. The van der Waals surface area contributed by atoms with Gasteiger partial charge in [-0.25, -0.2) is 0 Å². The number of carbonyl (C=O) groups is 1. The fraction of sp³-hybridized carbons (Fsp3) is 0.533. The predicted octanol–water partition coefficient (Wildman–Crippen LogP) is 2.01. The maximum absolute atomic E-state index is 12.1. The lowest BCUT2D eigenvalue weighted by atomic mass is 10.1. The van der Waals surface area contributed by atoms with Crippen molar-refractivity contribution in [2.45, 2.75) is 33.2 Å². The zero-order valence-electron chi connectivity index (χ0n) is 12.4. The third-order valence-electron chi connectivity index (χ3n) is 3.62. The molecule has 1 aromatic rings. The van der Waals surface area contributed by atoms with Crippen molar-refractivity contribution in [3.05, 3.63) is 28.8 Å². The van der Waals surface area contributed by atoms with E-state index < -0.39 is 0 Å². The van der Waals surface area contributed by atoms with Crippen molar-refractivity contribution in [1.82, 2.24) is 4.90 Å². The van der Waals surface area contributed by atoms with Gasteiger partial charge in [-0.2, -0.15) is 0 Å². The Labute approximate surface area is 127 Å². The van der Waals surface area contributed by atoms with Crippen LogP contribution in [0.3, 0.4) is 0 Å². The molecular weight excluding hydrogens is 274 g/mol. The van der Waals surface area contributed by atoms with Gasteiger partial charge in [0.25, 0.3) is 0 Å². The van der Waals surface area contributed by atoms with Gasteiger partial charge in [-0.15, -0.1) is 12.4 Å². The summed E-state index contributed by atoms with van der Waals surface area (Å²) in [5.41, 5.74) is 10.2. The van der Waals surface area contributed by atoms with Crippen LogP contribution in [0.25, 0.3) is 0 Å². The van der Waals surface area contributed by atoms with E-state index in [1.165, 1.54) is 5.56 Å². The largest absolute Gasteiger partial charge is 0.326 e. The topological polar surface area (TPSA) is 58.4 Å². The smallest absolute Gasteiger partial charge is 0.238 e. The second-order valence-corrected chi connectivity index (χ2v) is 5.61. The SMILES string of the molecule is Cc1cc(C)c(NC(=O)CN2CC[C@H](N)C2)c(C)c1.Cl. The highest BCUT2D eigenvalue weighted by Crippen LogP contribution is 2.22. The van der Waals surface area contributed by atoms with Gasteiger partial charge in [0.1, 0.15) is 0 Å². The van der Waals surface area contributed by atoms with Crippen molar-refractivity contribution in [3.63, 3.8) is 0 Å². The lowest BCUT2D eigenvalue weighted by Crippen LogP contribution is -2.34. The van der Waals surface area contributed by atoms with Crippen LogP contribution >= 0.6 is 12.4 Å². The van der Waals surface area contributed by atoms with Crippen LogP contribution in [0.1, 0.15) is 23.1 Å². The summed E-state index contributed by atoms with van der Waals surface area (Å²) >= 11 is 0. The third-order valence-corrected chi connectivity index (χ3v) is 3.62. The van der Waals surface area contributed by atoms with E-state index in [0.717, 1.165) is 36.3 Å². The molecule has 1 fully saturated rings. The number of carbonyl (C=O) groups excluding carboxylic acids is 1. The number of rotatable bonds is 3. The van der Waals surface area contributed by atoms with Gasteiger partial charge in [-0.3, -0.25) is 9.69 Å². The summed E-state index contributed by atoms with van der Waals surface area (Å²) in [4.78, 5) is 14.2. The number of aryl methyl sites for hydroxylation is 3. The first-order chi connectivity index (χ1) is 8.95. The van der Waals surface area contributed by atoms with Crippen molar-refractivity contribution in [2.75, 3.05) is 25.0 Å². The van der Waals surface area contributed by atoms with Crippen molar-refractivity contribution >= 4 is 24.0 Å². The average Bonchev–Trinajstić information content (AvgIpc) is 2.69. The Bertz CT molecular complexity index is 467. The van der Waals surface area contributed by atoms with E-state index in [4.69, 9.17) is 5.73 Å². The number of hydrogen-bond donors (Lipinski definition) is 2. The molecule has 3 N–H and O–H groups in total. The fourth-order valence-corrected chi connectivity index (χ4v) is 2.77. The number of amides is 1. The minimum atomic E-state index is 0. The molecule has 0 saturated carbocycles. The standard InChI is InChI=1S/C15H23N3O.ClH/c1-10-6-11(2)15(12(3)7-10)17-14(19)9-18-5-4-13(16)8-18;/h6-7,13H,4-5,8-9,16H2,1-3H3,(H,17,19);1H/t13-;/m0./s1. The Morgan fingerprint density at radius 1 is 1.35 bits per heavy atom. The minimum absolute atomic E-state index is 0. The Balaban J connectivity index is 0.00000200. The maximum Gasteiger partial charge on any atom is 0.238 e. The van der Waals surface area contributed by atoms with Gasteiger partial charge in [-0.1, -0.05) is 17.7 Å². The summed E-state index contributed by atoms with van der Waals surface area (Å²) in [7, 11) is 0. The normalized spacial score (nSPS) is 18.7. The van der Waals surface area contributed by atoms with E-state index in [0.29, 0.717) is 6.54 Å². The number of likely N-dealkylation sites (tertiary alicyclic amines) is 1. The molecule has 1 amide bonds. The van der Waals surface area contributed by atoms with Crippen LogP contribution in [0.15, 0.2) is 12.1 Å². The lowest BCUT2D eigenvalue weighted by molar-refractivity contribution is -0.117. The molecule has 1 atom stereocenters. The maximum atomic E-state index is 12.1. The van der Waals surface area contributed by atoms with E-state index in [1.807, 2.05) is 13.8 Å². The summed E-state index contributed by atoms with van der Waals surface area (Å²) in [6.07, 6.45) is 0.982. The highest BCUT2D eigenvalue weighted by Gasteiger charge is 2.21. The lowest BCUT2D eigenvalue weighted by Gasteiger charge is -2.17. The van der Waals surface area contributed by atoms with Crippen LogP contribution in [0.4, 0.5) is 5.69 Å². The van der Waals surface area contributed by atoms with Crippen LogP contribution < -0.4 is 11.1 Å². The molecule has 0 aliphatic carbocycles. The Kier molecular flexibility index (Phi) is 5.99. The number of anilines is 1. The second-order valence-electron chi connectivity index (χ2n) is 5.61. The van der Waals surface area contributed by atoms with Gasteiger partial charge < -0.3 is 11.1 Å². The summed E-state index contributed by atoms with van der Waals surface area (Å²) in [6.45, 7) is 8.29. The Morgan fingerprint density at radius 2 is 1.95 bits per heavy atom. The molecule has 0 spiro atoms. The fourth-order valence-electron chi connectivity index (χ4n) is 2.77. The summed E-state index contributed by atoms with van der Waals surface area (Å²) in [6, 6.07) is 4.40. The van der Waals surface area contributed by atoms with E-state index >= 15 is 0 Å².